The number of nitrogens with one attached hydrogen (secondary N) is 2. The second kappa shape index (κ2) is 11.8. The summed E-state index contributed by atoms with van der Waals surface area (Å²) in [6.07, 6.45) is 2.85. The Morgan fingerprint density at radius 2 is 1.71 bits per heavy atom. The second-order valence-electron chi connectivity index (χ2n) is 7.85. The van der Waals surface area contributed by atoms with Gasteiger partial charge in [-0.3, -0.25) is 4.79 Å². The number of carbonyl (C=O) groups excluding carboxylic acids is 1. The molecule has 1 fully saturated rings. The van der Waals surface area contributed by atoms with Crippen LogP contribution in [0.5, 0.6) is 11.5 Å². The summed E-state index contributed by atoms with van der Waals surface area (Å²) in [6, 6.07) is 19.2. The first-order chi connectivity index (χ1) is 16.9. The lowest BCUT2D eigenvalue weighted by molar-refractivity contribution is -0.116. The molecular formula is C27H26Cl2N2O3S. The largest absolute Gasteiger partial charge is 0.490 e. The number of halogens is 2. The quantitative estimate of drug-likeness (QED) is 0.289. The molecule has 2 N–H and O–H groups in total. The molecule has 1 aliphatic rings. The Kier molecular flexibility index (Phi) is 8.50. The van der Waals surface area contributed by atoms with Crippen molar-refractivity contribution in [2.45, 2.75) is 32.4 Å². The third kappa shape index (κ3) is 6.66. The van der Waals surface area contributed by atoms with Crippen molar-refractivity contribution in [3.63, 3.8) is 0 Å². The number of amides is 1. The number of anilines is 1. The summed E-state index contributed by atoms with van der Waals surface area (Å²) in [5.74, 6) is 1.10. The summed E-state index contributed by atoms with van der Waals surface area (Å²) >= 11 is 13.5. The van der Waals surface area contributed by atoms with E-state index in [4.69, 9.17) is 32.7 Å². The zero-order valence-corrected chi connectivity index (χ0v) is 21.8. The maximum absolute atomic E-state index is 12.6. The molecule has 0 aliphatic carbocycles. The van der Waals surface area contributed by atoms with Gasteiger partial charge in [0.1, 0.15) is 6.61 Å². The number of hydrogen-bond donors (Lipinski definition) is 2. The van der Waals surface area contributed by atoms with E-state index >= 15 is 0 Å². The number of carbonyl (C=O) groups is 1. The highest BCUT2D eigenvalue weighted by atomic mass is 35.5. The average Bonchev–Trinajstić information content (AvgIpc) is 3.19. The molecule has 35 heavy (non-hydrogen) atoms. The molecule has 1 amide bonds. The Labute approximate surface area is 219 Å². The first-order valence-electron chi connectivity index (χ1n) is 11.3. The van der Waals surface area contributed by atoms with Crippen molar-refractivity contribution >= 4 is 52.6 Å². The molecular weight excluding hydrogens is 503 g/mol. The SMILES string of the molecule is CCOc1cc(/C=C2\S[C@H](Nc3ccc(CC)cc3)NC2=O)ccc1OCc1ccc(Cl)c(Cl)c1. The van der Waals surface area contributed by atoms with Crippen molar-refractivity contribution in [3.05, 3.63) is 92.3 Å². The molecule has 3 aromatic carbocycles. The summed E-state index contributed by atoms with van der Waals surface area (Å²) in [7, 11) is 0. The Hall–Kier alpha value is -2.80. The Balaban J connectivity index is 1.44. The summed E-state index contributed by atoms with van der Waals surface area (Å²) < 4.78 is 11.8. The van der Waals surface area contributed by atoms with Gasteiger partial charge in [-0.1, -0.05) is 66.2 Å². The van der Waals surface area contributed by atoms with E-state index in [9.17, 15) is 4.79 Å². The predicted molar refractivity (Wildman–Crippen MR) is 145 cm³/mol. The number of aryl methyl sites for hydroxylation is 1. The predicted octanol–water partition coefficient (Wildman–Crippen LogP) is 7.13. The van der Waals surface area contributed by atoms with Gasteiger partial charge >= 0.3 is 0 Å². The zero-order chi connectivity index (χ0) is 24.8. The molecule has 4 rings (SSSR count). The summed E-state index contributed by atoms with van der Waals surface area (Å²) in [4.78, 5) is 13.2. The fourth-order valence-corrected chi connectivity index (χ4v) is 4.80. The van der Waals surface area contributed by atoms with E-state index < -0.39 is 0 Å². The van der Waals surface area contributed by atoms with E-state index in [-0.39, 0.29) is 11.4 Å². The molecule has 0 radical (unpaired) electrons. The Morgan fingerprint density at radius 1 is 0.943 bits per heavy atom. The number of hydrogen-bond acceptors (Lipinski definition) is 5. The maximum atomic E-state index is 12.6. The molecule has 182 valence electrons. The summed E-state index contributed by atoms with van der Waals surface area (Å²) in [5.41, 5.74) is 3.74. The lowest BCUT2D eigenvalue weighted by Crippen LogP contribution is -2.30. The van der Waals surface area contributed by atoms with Crippen LogP contribution in [0.25, 0.3) is 6.08 Å². The van der Waals surface area contributed by atoms with Crippen molar-refractivity contribution in [1.82, 2.24) is 5.32 Å². The standard InChI is InChI=1S/C27H26Cl2N2O3S/c1-3-17-5-9-20(10-6-17)30-27-31-26(32)25(35-27)15-18-8-12-23(24(14-18)33-4-2)34-16-19-7-11-21(28)22(29)13-19/h5-15,27,30H,3-4,16H2,1-2H3,(H,31,32)/b25-15-/t27-/m1/s1. The molecule has 1 saturated heterocycles. The fourth-order valence-electron chi connectivity index (χ4n) is 3.50. The van der Waals surface area contributed by atoms with E-state index in [1.807, 2.05) is 49.4 Å². The molecule has 0 bridgehead atoms. The number of ether oxygens (including phenoxy) is 2. The summed E-state index contributed by atoms with van der Waals surface area (Å²) in [5, 5.41) is 7.30. The monoisotopic (exact) mass is 528 g/mol. The number of benzene rings is 3. The van der Waals surface area contributed by atoms with E-state index in [1.165, 1.54) is 17.3 Å². The molecule has 1 aliphatic heterocycles. The zero-order valence-electron chi connectivity index (χ0n) is 19.4. The highest BCUT2D eigenvalue weighted by Gasteiger charge is 2.27. The minimum absolute atomic E-state index is 0.115. The minimum atomic E-state index is -0.235. The molecule has 0 unspecified atom stereocenters. The van der Waals surface area contributed by atoms with Crippen LogP contribution < -0.4 is 20.1 Å². The van der Waals surface area contributed by atoms with E-state index in [0.717, 1.165) is 23.2 Å². The van der Waals surface area contributed by atoms with Gasteiger partial charge in [-0.2, -0.15) is 0 Å². The topological polar surface area (TPSA) is 59.6 Å². The van der Waals surface area contributed by atoms with Crippen molar-refractivity contribution in [2.75, 3.05) is 11.9 Å². The molecule has 1 atom stereocenters. The van der Waals surface area contributed by atoms with Gasteiger partial charge < -0.3 is 20.1 Å². The van der Waals surface area contributed by atoms with Crippen LogP contribution in [-0.2, 0) is 17.8 Å². The summed E-state index contributed by atoms with van der Waals surface area (Å²) in [6.45, 7) is 4.85. The normalized spacial score (nSPS) is 16.3. The first-order valence-corrected chi connectivity index (χ1v) is 13.0. The van der Waals surface area contributed by atoms with Crippen LogP contribution in [0.2, 0.25) is 10.0 Å². The first kappa shape index (κ1) is 25.3. The number of rotatable bonds is 9. The average molecular weight is 529 g/mol. The highest BCUT2D eigenvalue weighted by Crippen LogP contribution is 2.34. The van der Waals surface area contributed by atoms with Crippen LogP contribution in [0.1, 0.15) is 30.5 Å². The third-order valence-corrected chi connectivity index (χ3v) is 7.10. The molecule has 0 spiro atoms. The van der Waals surface area contributed by atoms with Gasteiger partial charge in [0.15, 0.2) is 17.0 Å². The van der Waals surface area contributed by atoms with Crippen LogP contribution in [-0.4, -0.2) is 18.0 Å². The van der Waals surface area contributed by atoms with Crippen LogP contribution in [0, 0.1) is 0 Å². The van der Waals surface area contributed by atoms with E-state index in [1.54, 1.807) is 12.1 Å². The van der Waals surface area contributed by atoms with Crippen molar-refractivity contribution in [2.24, 2.45) is 0 Å². The van der Waals surface area contributed by atoms with Gasteiger partial charge in [0, 0.05) is 5.69 Å². The van der Waals surface area contributed by atoms with Crippen LogP contribution >= 0.6 is 35.0 Å². The van der Waals surface area contributed by atoms with Gasteiger partial charge in [-0.25, -0.2) is 0 Å². The molecule has 8 heteroatoms. The maximum Gasteiger partial charge on any atom is 0.260 e. The smallest absolute Gasteiger partial charge is 0.260 e. The van der Waals surface area contributed by atoms with E-state index in [2.05, 4.69) is 29.7 Å². The van der Waals surface area contributed by atoms with Crippen molar-refractivity contribution in [1.29, 1.82) is 0 Å². The third-order valence-electron chi connectivity index (χ3n) is 5.33. The van der Waals surface area contributed by atoms with Crippen molar-refractivity contribution < 1.29 is 14.3 Å². The Bertz CT molecular complexity index is 1230. The molecule has 1 heterocycles. The van der Waals surface area contributed by atoms with E-state index in [0.29, 0.717) is 39.7 Å². The van der Waals surface area contributed by atoms with Gasteiger partial charge in [0.2, 0.25) is 0 Å². The lowest BCUT2D eigenvalue weighted by atomic mass is 10.1. The minimum Gasteiger partial charge on any atom is -0.490 e. The van der Waals surface area contributed by atoms with Crippen LogP contribution in [0.3, 0.4) is 0 Å². The van der Waals surface area contributed by atoms with Gasteiger partial charge in [-0.05, 0) is 72.5 Å². The van der Waals surface area contributed by atoms with Crippen LogP contribution in [0.15, 0.2) is 65.6 Å². The van der Waals surface area contributed by atoms with Crippen LogP contribution in [0.4, 0.5) is 5.69 Å². The van der Waals surface area contributed by atoms with Crippen molar-refractivity contribution in [3.8, 4) is 11.5 Å². The lowest BCUT2D eigenvalue weighted by Gasteiger charge is -2.13. The number of thioether (sulfide) groups is 1. The van der Waals surface area contributed by atoms with Gasteiger partial charge in [-0.15, -0.1) is 0 Å². The fraction of sp³-hybridized carbons (Fsp3) is 0.222. The van der Waals surface area contributed by atoms with Gasteiger partial charge in [0.25, 0.3) is 5.91 Å². The second-order valence-corrected chi connectivity index (χ2v) is 9.81. The molecule has 5 nitrogen and oxygen atoms in total. The van der Waals surface area contributed by atoms with Gasteiger partial charge in [0.05, 0.1) is 21.6 Å². The highest BCUT2D eigenvalue weighted by molar-refractivity contribution is 8.05. The molecule has 0 saturated carbocycles. The molecule has 0 aromatic heterocycles. The Morgan fingerprint density at radius 3 is 2.43 bits per heavy atom. The molecule has 3 aromatic rings.